The van der Waals surface area contributed by atoms with Gasteiger partial charge in [-0.1, -0.05) is 23.2 Å². The number of hydrogen-bond acceptors (Lipinski definition) is 4. The standard InChI is InChI=1S/C19H16Cl2FN3O4/c1-10-15(22)5-11(6-17(10)25(28)29)19(27)24-4-2-3-16(24)18(26)23-14-8-12(20)7-13(21)9-14/h5-9,16H,2-4H2,1H3,(H,23,26). The summed E-state index contributed by atoms with van der Waals surface area (Å²) in [4.78, 5) is 37.3. The van der Waals surface area contributed by atoms with Gasteiger partial charge in [0.15, 0.2) is 0 Å². The summed E-state index contributed by atoms with van der Waals surface area (Å²) in [7, 11) is 0. The van der Waals surface area contributed by atoms with E-state index in [1.165, 1.54) is 30.0 Å². The molecule has 1 aliphatic heterocycles. The minimum atomic E-state index is -0.851. The average molecular weight is 440 g/mol. The SMILES string of the molecule is Cc1c(F)cc(C(=O)N2CCCC2C(=O)Nc2cc(Cl)cc(Cl)c2)cc1[N+](=O)[O-]. The van der Waals surface area contributed by atoms with Crippen LogP contribution in [-0.4, -0.2) is 34.2 Å². The van der Waals surface area contributed by atoms with Gasteiger partial charge in [-0.15, -0.1) is 0 Å². The quantitative estimate of drug-likeness (QED) is 0.556. The molecule has 2 amide bonds. The summed E-state index contributed by atoms with van der Waals surface area (Å²) in [6.45, 7) is 1.54. The number of rotatable bonds is 4. The molecule has 2 aromatic rings. The van der Waals surface area contributed by atoms with Crippen molar-refractivity contribution in [1.82, 2.24) is 4.90 Å². The van der Waals surface area contributed by atoms with Gasteiger partial charge in [0.2, 0.25) is 5.91 Å². The van der Waals surface area contributed by atoms with Gasteiger partial charge in [0, 0.05) is 33.9 Å². The van der Waals surface area contributed by atoms with Gasteiger partial charge < -0.3 is 10.2 Å². The minimum absolute atomic E-state index is 0.153. The summed E-state index contributed by atoms with van der Waals surface area (Å²) in [5, 5.41) is 14.5. The Morgan fingerprint density at radius 1 is 1.21 bits per heavy atom. The Hall–Kier alpha value is -2.71. The normalized spacial score (nSPS) is 16.0. The van der Waals surface area contributed by atoms with E-state index in [1.54, 1.807) is 0 Å². The fourth-order valence-electron chi connectivity index (χ4n) is 3.28. The van der Waals surface area contributed by atoms with Gasteiger partial charge in [-0.25, -0.2) is 4.39 Å². The molecular weight excluding hydrogens is 424 g/mol. The van der Waals surface area contributed by atoms with Crippen LogP contribution in [0.1, 0.15) is 28.8 Å². The van der Waals surface area contributed by atoms with Crippen LogP contribution in [0, 0.1) is 22.9 Å². The first-order valence-electron chi connectivity index (χ1n) is 8.70. The minimum Gasteiger partial charge on any atom is -0.327 e. The zero-order chi connectivity index (χ0) is 21.3. The molecule has 0 aliphatic carbocycles. The van der Waals surface area contributed by atoms with Crippen LogP contribution in [0.2, 0.25) is 10.0 Å². The third-order valence-corrected chi connectivity index (χ3v) is 5.14. The highest BCUT2D eigenvalue weighted by molar-refractivity contribution is 6.35. The maximum Gasteiger partial charge on any atom is 0.276 e. The Labute approximate surface area is 175 Å². The van der Waals surface area contributed by atoms with Crippen molar-refractivity contribution < 1.29 is 18.9 Å². The molecule has 10 heteroatoms. The Morgan fingerprint density at radius 2 is 1.86 bits per heavy atom. The van der Waals surface area contributed by atoms with E-state index in [-0.39, 0.29) is 17.7 Å². The van der Waals surface area contributed by atoms with Gasteiger partial charge in [0.25, 0.3) is 11.6 Å². The summed E-state index contributed by atoms with van der Waals surface area (Å²) in [6, 6.07) is 5.74. The van der Waals surface area contributed by atoms with Crippen LogP contribution in [0.4, 0.5) is 15.8 Å². The number of carbonyl (C=O) groups is 2. The van der Waals surface area contributed by atoms with Gasteiger partial charge in [-0.05, 0) is 44.0 Å². The van der Waals surface area contributed by atoms with E-state index in [0.29, 0.717) is 28.6 Å². The number of amides is 2. The van der Waals surface area contributed by atoms with Crippen LogP contribution in [0.15, 0.2) is 30.3 Å². The number of likely N-dealkylation sites (tertiary alicyclic amines) is 1. The van der Waals surface area contributed by atoms with Gasteiger partial charge in [-0.3, -0.25) is 19.7 Å². The van der Waals surface area contributed by atoms with Crippen molar-refractivity contribution in [3.05, 3.63) is 67.4 Å². The molecule has 0 saturated carbocycles. The molecule has 2 aromatic carbocycles. The van der Waals surface area contributed by atoms with E-state index in [9.17, 15) is 24.1 Å². The number of nitro benzene ring substituents is 1. The number of nitrogens with zero attached hydrogens (tertiary/aromatic N) is 2. The second-order valence-electron chi connectivity index (χ2n) is 6.66. The maximum atomic E-state index is 14.1. The smallest absolute Gasteiger partial charge is 0.276 e. The van der Waals surface area contributed by atoms with Crippen molar-refractivity contribution in [1.29, 1.82) is 0 Å². The average Bonchev–Trinajstić information content (AvgIpc) is 3.12. The second kappa shape index (κ2) is 8.34. The molecule has 0 aromatic heterocycles. The number of carbonyl (C=O) groups excluding carboxylic acids is 2. The predicted octanol–water partition coefficient (Wildman–Crippen LogP) is 4.59. The Balaban J connectivity index is 1.84. The van der Waals surface area contributed by atoms with Crippen molar-refractivity contribution in [2.24, 2.45) is 0 Å². The highest BCUT2D eigenvalue weighted by Gasteiger charge is 2.35. The zero-order valence-electron chi connectivity index (χ0n) is 15.2. The molecule has 1 N–H and O–H groups in total. The molecule has 3 rings (SSSR count). The van der Waals surface area contributed by atoms with Crippen LogP contribution >= 0.6 is 23.2 Å². The maximum absolute atomic E-state index is 14.1. The molecule has 29 heavy (non-hydrogen) atoms. The van der Waals surface area contributed by atoms with E-state index in [0.717, 1.165) is 12.1 Å². The first kappa shape index (κ1) is 21.0. The molecule has 1 heterocycles. The van der Waals surface area contributed by atoms with Crippen molar-refractivity contribution in [2.45, 2.75) is 25.8 Å². The monoisotopic (exact) mass is 439 g/mol. The first-order valence-corrected chi connectivity index (χ1v) is 9.45. The van der Waals surface area contributed by atoms with E-state index in [2.05, 4.69) is 5.32 Å². The molecule has 1 saturated heterocycles. The largest absolute Gasteiger partial charge is 0.327 e. The molecule has 0 bridgehead atoms. The van der Waals surface area contributed by atoms with Gasteiger partial charge in [0.1, 0.15) is 11.9 Å². The number of hydrogen-bond donors (Lipinski definition) is 1. The van der Waals surface area contributed by atoms with Crippen molar-refractivity contribution >= 4 is 46.4 Å². The van der Waals surface area contributed by atoms with Crippen molar-refractivity contribution in [3.8, 4) is 0 Å². The number of halogens is 3. The van der Waals surface area contributed by atoms with Crippen molar-refractivity contribution in [3.63, 3.8) is 0 Å². The molecule has 152 valence electrons. The zero-order valence-corrected chi connectivity index (χ0v) is 16.8. The summed E-state index contributed by atoms with van der Waals surface area (Å²) in [5.41, 5.74) is -0.434. The molecule has 0 spiro atoms. The molecular formula is C19H16Cl2FN3O4. The van der Waals surface area contributed by atoms with E-state index >= 15 is 0 Å². The Morgan fingerprint density at radius 3 is 2.48 bits per heavy atom. The Bertz CT molecular complexity index is 995. The lowest BCUT2D eigenvalue weighted by atomic mass is 10.1. The molecule has 1 fully saturated rings. The van der Waals surface area contributed by atoms with E-state index in [4.69, 9.17) is 23.2 Å². The van der Waals surface area contributed by atoms with E-state index in [1.807, 2.05) is 0 Å². The lowest BCUT2D eigenvalue weighted by Crippen LogP contribution is -2.43. The molecule has 0 radical (unpaired) electrons. The molecule has 1 aliphatic rings. The fourth-order valence-corrected chi connectivity index (χ4v) is 3.80. The number of benzene rings is 2. The van der Waals surface area contributed by atoms with E-state index < -0.39 is 34.3 Å². The lowest BCUT2D eigenvalue weighted by Gasteiger charge is -2.24. The summed E-state index contributed by atoms with van der Waals surface area (Å²) >= 11 is 11.9. The number of nitro groups is 1. The highest BCUT2D eigenvalue weighted by atomic mass is 35.5. The summed E-state index contributed by atoms with van der Waals surface area (Å²) < 4.78 is 14.1. The summed E-state index contributed by atoms with van der Waals surface area (Å²) in [6.07, 6.45) is 0.971. The summed E-state index contributed by atoms with van der Waals surface area (Å²) in [5.74, 6) is -1.94. The highest BCUT2D eigenvalue weighted by Crippen LogP contribution is 2.28. The van der Waals surface area contributed by atoms with Gasteiger partial charge in [0.05, 0.1) is 10.5 Å². The van der Waals surface area contributed by atoms with Crippen LogP contribution in [-0.2, 0) is 4.79 Å². The second-order valence-corrected chi connectivity index (χ2v) is 7.54. The molecule has 7 nitrogen and oxygen atoms in total. The molecule has 1 atom stereocenters. The molecule has 1 unspecified atom stereocenters. The van der Waals surface area contributed by atoms with Gasteiger partial charge in [-0.2, -0.15) is 0 Å². The fraction of sp³-hybridized carbons (Fsp3) is 0.263. The predicted molar refractivity (Wildman–Crippen MR) is 107 cm³/mol. The van der Waals surface area contributed by atoms with Crippen molar-refractivity contribution in [2.75, 3.05) is 11.9 Å². The van der Waals surface area contributed by atoms with Crippen LogP contribution in [0.3, 0.4) is 0 Å². The first-order chi connectivity index (χ1) is 13.7. The lowest BCUT2D eigenvalue weighted by molar-refractivity contribution is -0.385. The third kappa shape index (κ3) is 4.49. The Kier molecular flexibility index (Phi) is 6.04. The van der Waals surface area contributed by atoms with Gasteiger partial charge >= 0.3 is 0 Å². The van der Waals surface area contributed by atoms with Crippen LogP contribution < -0.4 is 5.32 Å². The third-order valence-electron chi connectivity index (χ3n) is 4.71. The number of anilines is 1. The van der Waals surface area contributed by atoms with Crippen LogP contribution in [0.5, 0.6) is 0 Å². The van der Waals surface area contributed by atoms with Crippen LogP contribution in [0.25, 0.3) is 0 Å². The topological polar surface area (TPSA) is 92.6 Å². The number of nitrogens with one attached hydrogen (secondary N) is 1.